The molecule has 3 nitrogen and oxygen atoms in total. The summed E-state index contributed by atoms with van der Waals surface area (Å²) in [5, 5.41) is 20.2. The van der Waals surface area contributed by atoms with E-state index in [1.165, 1.54) is 6.08 Å². The van der Waals surface area contributed by atoms with Crippen LogP contribution >= 0.6 is 0 Å². The molecule has 1 rings (SSSR count). The molecule has 0 aromatic carbocycles. The summed E-state index contributed by atoms with van der Waals surface area (Å²) >= 11 is 0. The lowest BCUT2D eigenvalue weighted by Crippen LogP contribution is -2.41. The molecule has 0 saturated heterocycles. The molecule has 3 heteroatoms. The third-order valence-electron chi connectivity index (χ3n) is 0.975. The van der Waals surface area contributed by atoms with Crippen LogP contribution in [0.1, 0.15) is 0 Å². The van der Waals surface area contributed by atoms with Gasteiger partial charge in [-0.05, 0) is 12.2 Å². The van der Waals surface area contributed by atoms with Gasteiger partial charge < -0.3 is 14.9 Å². The zero-order valence-corrected chi connectivity index (χ0v) is 4.74. The third kappa shape index (κ3) is 1.55. The first kappa shape index (κ1) is 6.32. The van der Waals surface area contributed by atoms with Crippen molar-refractivity contribution in [1.29, 1.82) is 0 Å². The number of hydrogen-bond acceptors (Lipinski definition) is 3. The minimum absolute atomic E-state index is 0.0162. The molecular formula is C6H6O3-2. The predicted molar refractivity (Wildman–Crippen MR) is 27.0 cm³/mol. The second kappa shape index (κ2) is 2.66. The number of hydrogen-bond donors (Lipinski definition) is 0. The molecular weight excluding hydrogens is 120 g/mol. The average molecular weight is 126 g/mol. The molecule has 0 atom stereocenters. The normalized spacial score (nSPS) is 17.4. The molecule has 1 aliphatic heterocycles. The molecule has 0 fully saturated rings. The summed E-state index contributed by atoms with van der Waals surface area (Å²) < 4.78 is 4.69. The Bertz CT molecular complexity index is 146. The molecule has 0 saturated carbocycles. The maximum Gasteiger partial charge on any atom is 0.106 e. The van der Waals surface area contributed by atoms with Crippen LogP contribution < -0.4 is 10.2 Å². The largest absolute Gasteiger partial charge is 0.860 e. The van der Waals surface area contributed by atoms with Crippen LogP contribution in [-0.4, -0.2) is 12.9 Å². The highest BCUT2D eigenvalue weighted by atomic mass is 16.5. The molecule has 0 bridgehead atoms. The molecule has 0 aliphatic carbocycles. The summed E-state index contributed by atoms with van der Waals surface area (Å²) in [5.41, 5.74) is 0. The van der Waals surface area contributed by atoms with E-state index < -0.39 is 6.29 Å². The van der Waals surface area contributed by atoms with Crippen molar-refractivity contribution < 1.29 is 14.9 Å². The van der Waals surface area contributed by atoms with E-state index in [0.717, 1.165) is 0 Å². The highest BCUT2D eigenvalue weighted by Crippen LogP contribution is 2.02. The molecule has 0 aromatic heterocycles. The summed E-state index contributed by atoms with van der Waals surface area (Å²) in [6, 6.07) is 0. The Morgan fingerprint density at radius 3 is 2.67 bits per heavy atom. The lowest BCUT2D eigenvalue weighted by Gasteiger charge is -2.31. The van der Waals surface area contributed by atoms with Crippen LogP contribution in [0.2, 0.25) is 0 Å². The van der Waals surface area contributed by atoms with Crippen LogP contribution in [0.3, 0.4) is 0 Å². The van der Waals surface area contributed by atoms with Crippen LogP contribution in [0.25, 0.3) is 0 Å². The van der Waals surface area contributed by atoms with E-state index in [4.69, 9.17) is 0 Å². The smallest absolute Gasteiger partial charge is 0.106 e. The maximum absolute atomic E-state index is 10.1. The van der Waals surface area contributed by atoms with Gasteiger partial charge in [-0.3, -0.25) is 0 Å². The fourth-order valence-corrected chi connectivity index (χ4v) is 0.557. The Labute approximate surface area is 52.9 Å². The van der Waals surface area contributed by atoms with Gasteiger partial charge >= 0.3 is 0 Å². The average Bonchev–Trinajstić information content (AvgIpc) is 1.90. The topological polar surface area (TPSA) is 55.3 Å². The second-order valence-corrected chi connectivity index (χ2v) is 1.64. The SMILES string of the molecule is [O-]C([O-])C1=CC=CCO1. The molecule has 0 unspecified atom stereocenters. The number of allylic oxidation sites excluding steroid dienone is 2. The van der Waals surface area contributed by atoms with Crippen molar-refractivity contribution in [2.24, 2.45) is 0 Å². The first-order valence-corrected chi connectivity index (χ1v) is 2.62. The van der Waals surface area contributed by atoms with Gasteiger partial charge in [0.05, 0.1) is 5.76 Å². The van der Waals surface area contributed by atoms with E-state index in [1.807, 2.05) is 0 Å². The molecule has 1 heterocycles. The van der Waals surface area contributed by atoms with Gasteiger partial charge in [0.15, 0.2) is 0 Å². The fourth-order valence-electron chi connectivity index (χ4n) is 0.557. The van der Waals surface area contributed by atoms with Gasteiger partial charge in [0, 0.05) is 0 Å². The zero-order chi connectivity index (χ0) is 6.69. The Balaban J connectivity index is 2.57. The Morgan fingerprint density at radius 2 is 2.33 bits per heavy atom. The minimum Gasteiger partial charge on any atom is -0.860 e. The molecule has 50 valence electrons. The van der Waals surface area contributed by atoms with Crippen molar-refractivity contribution in [3.05, 3.63) is 24.0 Å². The lowest BCUT2D eigenvalue weighted by molar-refractivity contribution is -0.648. The Hall–Kier alpha value is -0.800. The van der Waals surface area contributed by atoms with Crippen molar-refractivity contribution in [2.45, 2.75) is 6.29 Å². The standard InChI is InChI=1S/C6H6O3/c7-6(8)5-3-1-2-4-9-5/h1-3,6H,4H2/q-2. The van der Waals surface area contributed by atoms with Gasteiger partial charge in [-0.2, -0.15) is 6.29 Å². The van der Waals surface area contributed by atoms with Gasteiger partial charge in [0.25, 0.3) is 0 Å². The first-order valence-electron chi connectivity index (χ1n) is 2.62. The van der Waals surface area contributed by atoms with Crippen LogP contribution in [0.4, 0.5) is 0 Å². The highest BCUT2D eigenvalue weighted by Gasteiger charge is 1.93. The second-order valence-electron chi connectivity index (χ2n) is 1.64. The third-order valence-corrected chi connectivity index (χ3v) is 0.975. The lowest BCUT2D eigenvalue weighted by atomic mass is 10.3. The highest BCUT2D eigenvalue weighted by molar-refractivity contribution is 5.12. The van der Waals surface area contributed by atoms with E-state index in [1.54, 1.807) is 12.2 Å². The summed E-state index contributed by atoms with van der Waals surface area (Å²) in [6.45, 7) is 0.340. The van der Waals surface area contributed by atoms with E-state index in [-0.39, 0.29) is 5.76 Å². The van der Waals surface area contributed by atoms with Crippen LogP contribution in [0.15, 0.2) is 24.0 Å². The van der Waals surface area contributed by atoms with Gasteiger partial charge in [-0.15, -0.1) is 0 Å². The Kier molecular flexibility index (Phi) is 1.87. The predicted octanol–water partition coefficient (Wildman–Crippen LogP) is -1.50. The van der Waals surface area contributed by atoms with Gasteiger partial charge in [0.1, 0.15) is 6.61 Å². The van der Waals surface area contributed by atoms with Crippen molar-refractivity contribution >= 4 is 0 Å². The monoisotopic (exact) mass is 126 g/mol. The Morgan fingerprint density at radius 1 is 1.56 bits per heavy atom. The number of rotatable bonds is 1. The van der Waals surface area contributed by atoms with E-state index >= 15 is 0 Å². The van der Waals surface area contributed by atoms with E-state index in [2.05, 4.69) is 4.74 Å². The quantitative estimate of drug-likeness (QED) is 0.402. The van der Waals surface area contributed by atoms with Crippen molar-refractivity contribution in [3.8, 4) is 0 Å². The molecule has 1 aliphatic rings. The molecule has 0 radical (unpaired) electrons. The van der Waals surface area contributed by atoms with Gasteiger partial charge in [-0.25, -0.2) is 0 Å². The number of ether oxygens (including phenoxy) is 1. The summed E-state index contributed by atoms with van der Waals surface area (Å²) in [5.74, 6) is -0.0162. The van der Waals surface area contributed by atoms with Crippen molar-refractivity contribution in [3.63, 3.8) is 0 Å². The molecule has 0 spiro atoms. The van der Waals surface area contributed by atoms with E-state index in [0.29, 0.717) is 6.61 Å². The summed E-state index contributed by atoms with van der Waals surface area (Å²) in [4.78, 5) is 0. The molecule has 9 heavy (non-hydrogen) atoms. The van der Waals surface area contributed by atoms with Crippen molar-refractivity contribution in [1.82, 2.24) is 0 Å². The van der Waals surface area contributed by atoms with Crippen molar-refractivity contribution in [2.75, 3.05) is 6.61 Å². The van der Waals surface area contributed by atoms with Crippen LogP contribution in [0.5, 0.6) is 0 Å². The molecule has 0 amide bonds. The zero-order valence-electron chi connectivity index (χ0n) is 4.74. The summed E-state index contributed by atoms with van der Waals surface area (Å²) in [7, 11) is 0. The minimum atomic E-state index is -1.98. The molecule has 0 N–H and O–H groups in total. The van der Waals surface area contributed by atoms with Gasteiger partial charge in [-0.1, -0.05) is 6.08 Å². The summed E-state index contributed by atoms with van der Waals surface area (Å²) in [6.07, 6.45) is 2.79. The van der Waals surface area contributed by atoms with E-state index in [9.17, 15) is 10.2 Å². The first-order chi connectivity index (χ1) is 4.30. The molecule has 0 aromatic rings. The van der Waals surface area contributed by atoms with Gasteiger partial charge in [0.2, 0.25) is 0 Å². The fraction of sp³-hybridized carbons (Fsp3) is 0.333. The van der Waals surface area contributed by atoms with Crippen LogP contribution in [-0.2, 0) is 4.74 Å². The van der Waals surface area contributed by atoms with Crippen LogP contribution in [0, 0.1) is 0 Å². The maximum atomic E-state index is 10.1.